The molecule has 1 N–H and O–H groups in total. The van der Waals surface area contributed by atoms with E-state index < -0.39 is 0 Å². The van der Waals surface area contributed by atoms with E-state index in [1.54, 1.807) is 7.11 Å². The molecule has 3 rings (SSSR count). The van der Waals surface area contributed by atoms with Gasteiger partial charge < -0.3 is 14.6 Å². The maximum Gasteiger partial charge on any atom is 0.152 e. The number of carbonyl (C=O) groups is 1. The Kier molecular flexibility index (Phi) is 2.59. The Bertz CT molecular complexity index is 628. The molecule has 0 unspecified atom stereocenters. The monoisotopic (exact) mass is 244 g/mol. The molecule has 1 aliphatic heterocycles. The van der Waals surface area contributed by atoms with Crippen LogP contribution in [0.3, 0.4) is 0 Å². The first-order valence-corrected chi connectivity index (χ1v) is 6.12. The molecule has 94 valence electrons. The van der Waals surface area contributed by atoms with Crippen molar-refractivity contribution >= 4 is 17.2 Å². The van der Waals surface area contributed by atoms with Crippen molar-refractivity contribution < 1.29 is 9.53 Å². The molecule has 0 fully saturated rings. The number of nitrogens with one attached hydrogen (secondary N) is 1. The van der Waals surface area contributed by atoms with Gasteiger partial charge in [0, 0.05) is 36.3 Å². The van der Waals surface area contributed by atoms with Crippen molar-refractivity contribution in [3.05, 3.63) is 29.0 Å². The number of ether oxygens (including phenoxy) is 1. The molecule has 0 spiro atoms. The highest BCUT2D eigenvalue weighted by Gasteiger charge is 2.21. The van der Waals surface area contributed by atoms with Crippen molar-refractivity contribution in [3.63, 3.8) is 0 Å². The molecule has 0 aliphatic carbocycles. The van der Waals surface area contributed by atoms with Crippen molar-refractivity contribution in [2.24, 2.45) is 0 Å². The quantitative estimate of drug-likeness (QED) is 0.820. The molecular weight excluding hydrogens is 228 g/mol. The molecule has 1 aromatic carbocycles. The summed E-state index contributed by atoms with van der Waals surface area (Å²) in [6, 6.07) is 4.08. The van der Waals surface area contributed by atoms with Gasteiger partial charge in [0.25, 0.3) is 0 Å². The topological polar surface area (TPSA) is 43.3 Å². The Morgan fingerprint density at radius 1 is 1.44 bits per heavy atom. The van der Waals surface area contributed by atoms with Gasteiger partial charge in [0.15, 0.2) is 6.29 Å². The minimum atomic E-state index is 0.741. The van der Waals surface area contributed by atoms with Crippen LogP contribution in [0, 0.1) is 6.92 Å². The van der Waals surface area contributed by atoms with Crippen molar-refractivity contribution in [2.45, 2.75) is 20.0 Å². The standard InChI is InChI=1S/C14H16N2O2/c1-9-5-10-11(8-17)12-7-15-3-4-16(12)14(10)13(6-9)18-2/h5-6,8,15H,3-4,7H2,1-2H3. The van der Waals surface area contributed by atoms with E-state index in [1.165, 1.54) is 0 Å². The maximum atomic E-state index is 11.4. The van der Waals surface area contributed by atoms with Gasteiger partial charge in [-0.1, -0.05) is 0 Å². The fourth-order valence-corrected chi connectivity index (χ4v) is 2.79. The summed E-state index contributed by atoms with van der Waals surface area (Å²) in [7, 11) is 1.68. The predicted octanol–water partition coefficient (Wildman–Crippen LogP) is 1.87. The van der Waals surface area contributed by atoms with Crippen LogP contribution in [0.15, 0.2) is 12.1 Å². The van der Waals surface area contributed by atoms with Crippen LogP contribution >= 0.6 is 0 Å². The summed E-state index contributed by atoms with van der Waals surface area (Å²) in [6.07, 6.45) is 0.958. The van der Waals surface area contributed by atoms with Crippen LogP contribution in [-0.2, 0) is 13.1 Å². The van der Waals surface area contributed by atoms with Gasteiger partial charge in [-0.25, -0.2) is 0 Å². The number of aldehydes is 1. The average molecular weight is 244 g/mol. The molecule has 1 aromatic heterocycles. The lowest BCUT2D eigenvalue weighted by Crippen LogP contribution is -2.28. The number of hydrogen-bond donors (Lipinski definition) is 1. The molecule has 0 amide bonds. The summed E-state index contributed by atoms with van der Waals surface area (Å²) >= 11 is 0. The molecule has 0 bridgehead atoms. The lowest BCUT2D eigenvalue weighted by molar-refractivity contribution is 0.112. The molecule has 0 radical (unpaired) electrons. The van der Waals surface area contributed by atoms with Crippen LogP contribution in [-0.4, -0.2) is 24.5 Å². The van der Waals surface area contributed by atoms with Gasteiger partial charge in [0.2, 0.25) is 0 Å². The minimum absolute atomic E-state index is 0.741. The SMILES string of the molecule is COc1cc(C)cc2c(C=O)c3n(c12)CCNC3. The second-order valence-electron chi connectivity index (χ2n) is 4.67. The van der Waals surface area contributed by atoms with Gasteiger partial charge in [-0.15, -0.1) is 0 Å². The van der Waals surface area contributed by atoms with Gasteiger partial charge in [-0.2, -0.15) is 0 Å². The summed E-state index contributed by atoms with van der Waals surface area (Å²) in [5, 5.41) is 4.31. The lowest BCUT2D eigenvalue weighted by Gasteiger charge is -2.18. The normalized spacial score (nSPS) is 14.6. The van der Waals surface area contributed by atoms with E-state index in [2.05, 4.69) is 16.0 Å². The Morgan fingerprint density at radius 2 is 2.28 bits per heavy atom. The van der Waals surface area contributed by atoms with E-state index in [1.807, 2.05) is 13.0 Å². The number of aryl methyl sites for hydroxylation is 1. The van der Waals surface area contributed by atoms with Crippen molar-refractivity contribution in [3.8, 4) is 5.75 Å². The van der Waals surface area contributed by atoms with Gasteiger partial charge in [-0.05, 0) is 24.6 Å². The molecular formula is C14H16N2O2. The number of hydrogen-bond acceptors (Lipinski definition) is 3. The largest absolute Gasteiger partial charge is 0.495 e. The van der Waals surface area contributed by atoms with Gasteiger partial charge in [-0.3, -0.25) is 4.79 Å². The smallest absolute Gasteiger partial charge is 0.152 e. The van der Waals surface area contributed by atoms with E-state index >= 15 is 0 Å². The number of benzene rings is 1. The number of nitrogens with zero attached hydrogens (tertiary/aromatic N) is 1. The Labute approximate surface area is 106 Å². The van der Waals surface area contributed by atoms with Crippen LogP contribution in [0.25, 0.3) is 10.9 Å². The second kappa shape index (κ2) is 4.14. The molecule has 4 nitrogen and oxygen atoms in total. The Hall–Kier alpha value is -1.81. The van der Waals surface area contributed by atoms with Crippen molar-refractivity contribution in [1.29, 1.82) is 0 Å². The van der Waals surface area contributed by atoms with E-state index in [4.69, 9.17) is 4.74 Å². The highest BCUT2D eigenvalue weighted by atomic mass is 16.5. The average Bonchev–Trinajstić information content (AvgIpc) is 2.71. The molecule has 0 atom stereocenters. The number of rotatable bonds is 2. The summed E-state index contributed by atoms with van der Waals surface area (Å²) in [5.41, 5.74) is 4.01. The summed E-state index contributed by atoms with van der Waals surface area (Å²) < 4.78 is 7.68. The molecule has 0 saturated carbocycles. The van der Waals surface area contributed by atoms with Gasteiger partial charge in [0.1, 0.15) is 5.75 Å². The number of aromatic nitrogens is 1. The van der Waals surface area contributed by atoms with E-state index in [9.17, 15) is 4.79 Å². The van der Waals surface area contributed by atoms with Crippen LogP contribution in [0.2, 0.25) is 0 Å². The zero-order valence-corrected chi connectivity index (χ0v) is 10.6. The third-order valence-electron chi connectivity index (χ3n) is 3.56. The molecule has 1 aliphatic rings. The lowest BCUT2D eigenvalue weighted by atomic mass is 10.1. The van der Waals surface area contributed by atoms with Crippen molar-refractivity contribution in [2.75, 3.05) is 13.7 Å². The van der Waals surface area contributed by atoms with E-state index in [0.29, 0.717) is 0 Å². The highest BCUT2D eigenvalue weighted by molar-refractivity contribution is 6.02. The number of methoxy groups -OCH3 is 1. The third-order valence-corrected chi connectivity index (χ3v) is 3.56. The highest BCUT2D eigenvalue weighted by Crippen LogP contribution is 2.34. The zero-order valence-electron chi connectivity index (χ0n) is 10.6. The first-order valence-electron chi connectivity index (χ1n) is 6.12. The first-order chi connectivity index (χ1) is 8.76. The Balaban J connectivity index is 2.45. The molecule has 4 heteroatoms. The number of carbonyl (C=O) groups excluding carboxylic acids is 1. The Morgan fingerprint density at radius 3 is 3.00 bits per heavy atom. The number of fused-ring (bicyclic) bond motifs is 3. The van der Waals surface area contributed by atoms with E-state index in [-0.39, 0.29) is 0 Å². The van der Waals surface area contributed by atoms with Crippen LogP contribution < -0.4 is 10.1 Å². The van der Waals surface area contributed by atoms with Crippen molar-refractivity contribution in [1.82, 2.24) is 9.88 Å². The molecule has 2 heterocycles. The fourth-order valence-electron chi connectivity index (χ4n) is 2.79. The summed E-state index contributed by atoms with van der Waals surface area (Å²) in [5.74, 6) is 0.848. The van der Waals surface area contributed by atoms with E-state index in [0.717, 1.165) is 59.4 Å². The molecule has 2 aromatic rings. The van der Waals surface area contributed by atoms with Gasteiger partial charge in [0.05, 0.1) is 12.6 Å². The van der Waals surface area contributed by atoms with Gasteiger partial charge >= 0.3 is 0 Å². The zero-order chi connectivity index (χ0) is 12.7. The fraction of sp³-hybridized carbons (Fsp3) is 0.357. The summed E-state index contributed by atoms with van der Waals surface area (Å²) in [6.45, 7) is 4.56. The minimum Gasteiger partial charge on any atom is -0.495 e. The first kappa shape index (κ1) is 11.3. The van der Waals surface area contributed by atoms with Crippen LogP contribution in [0.4, 0.5) is 0 Å². The van der Waals surface area contributed by atoms with Crippen LogP contribution in [0.5, 0.6) is 5.75 Å². The third kappa shape index (κ3) is 1.46. The van der Waals surface area contributed by atoms with Crippen LogP contribution in [0.1, 0.15) is 21.6 Å². The predicted molar refractivity (Wildman–Crippen MR) is 70.3 cm³/mol. The summed E-state index contributed by atoms with van der Waals surface area (Å²) in [4.78, 5) is 11.4. The molecule has 18 heavy (non-hydrogen) atoms. The second-order valence-corrected chi connectivity index (χ2v) is 4.67. The molecule has 0 saturated heterocycles. The maximum absolute atomic E-state index is 11.4.